The van der Waals surface area contributed by atoms with E-state index in [2.05, 4.69) is 48.2 Å². The Morgan fingerprint density at radius 3 is 2.38 bits per heavy atom. The molecule has 2 aromatic carbocycles. The Kier molecular flexibility index (Phi) is 5.22. The molecule has 3 nitrogen and oxygen atoms in total. The summed E-state index contributed by atoms with van der Waals surface area (Å²) in [6, 6.07) is 16.6. The lowest BCUT2D eigenvalue weighted by Gasteiger charge is -2.37. The molecule has 3 rings (SSSR count). The average molecular weight is 344 g/mol. The highest BCUT2D eigenvalue weighted by Gasteiger charge is 2.30. The van der Waals surface area contributed by atoms with E-state index in [1.807, 2.05) is 12.1 Å². The summed E-state index contributed by atoms with van der Waals surface area (Å²) in [5.74, 6) is -0.891. The van der Waals surface area contributed by atoms with Crippen molar-refractivity contribution in [3.63, 3.8) is 0 Å². The van der Waals surface area contributed by atoms with Crippen LogP contribution in [-0.4, -0.2) is 29.1 Å². The van der Waals surface area contributed by atoms with Crippen LogP contribution in [0.4, 0.5) is 0 Å². The monoisotopic (exact) mass is 343 g/mol. The molecule has 0 saturated carbocycles. The summed E-state index contributed by atoms with van der Waals surface area (Å²) < 4.78 is 0. The number of aliphatic carboxylic acids is 1. The van der Waals surface area contributed by atoms with Gasteiger partial charge in [0.2, 0.25) is 0 Å². The molecule has 1 aliphatic heterocycles. The van der Waals surface area contributed by atoms with Gasteiger partial charge < -0.3 is 5.11 Å². The summed E-state index contributed by atoms with van der Waals surface area (Å²) in [5, 5.41) is 9.96. The average Bonchev–Trinajstić information content (AvgIpc) is 2.57. The first-order valence-corrected chi connectivity index (χ1v) is 8.71. The molecule has 0 amide bonds. The Morgan fingerprint density at radius 1 is 1.12 bits per heavy atom. The van der Waals surface area contributed by atoms with Crippen molar-refractivity contribution in [3.8, 4) is 0 Å². The first-order valence-electron chi connectivity index (χ1n) is 8.33. The Bertz CT molecular complexity index is 706. The molecule has 1 saturated heterocycles. The fourth-order valence-corrected chi connectivity index (χ4v) is 3.63. The highest BCUT2D eigenvalue weighted by atomic mass is 35.5. The van der Waals surface area contributed by atoms with Crippen molar-refractivity contribution in [1.82, 2.24) is 4.90 Å². The zero-order valence-corrected chi connectivity index (χ0v) is 14.5. The number of aryl methyl sites for hydroxylation is 1. The minimum Gasteiger partial charge on any atom is -0.481 e. The molecule has 4 heteroatoms. The summed E-state index contributed by atoms with van der Waals surface area (Å²) in [6.45, 7) is 3.68. The van der Waals surface area contributed by atoms with Gasteiger partial charge in [-0.1, -0.05) is 53.6 Å². The maximum absolute atomic E-state index is 11.2. The normalized spacial score (nSPS) is 17.6. The van der Waals surface area contributed by atoms with E-state index < -0.39 is 5.97 Å². The molecular formula is C20H22ClNO2. The van der Waals surface area contributed by atoms with Crippen molar-refractivity contribution in [2.75, 3.05) is 13.1 Å². The topological polar surface area (TPSA) is 40.5 Å². The lowest BCUT2D eigenvalue weighted by Crippen LogP contribution is -2.39. The molecule has 0 aromatic heterocycles. The number of likely N-dealkylation sites (tertiary alicyclic amines) is 1. The van der Waals surface area contributed by atoms with Gasteiger partial charge in [-0.15, -0.1) is 0 Å². The van der Waals surface area contributed by atoms with Crippen LogP contribution in [0.1, 0.15) is 35.6 Å². The minimum absolute atomic E-state index is 0.136. The molecule has 0 bridgehead atoms. The predicted molar refractivity (Wildman–Crippen MR) is 96.4 cm³/mol. The molecule has 0 aliphatic carbocycles. The van der Waals surface area contributed by atoms with Crippen molar-refractivity contribution in [3.05, 3.63) is 70.2 Å². The van der Waals surface area contributed by atoms with E-state index >= 15 is 0 Å². The van der Waals surface area contributed by atoms with Gasteiger partial charge in [-0.05, 0) is 56.1 Å². The van der Waals surface area contributed by atoms with E-state index in [1.54, 1.807) is 0 Å². The second kappa shape index (κ2) is 7.37. The zero-order valence-electron chi connectivity index (χ0n) is 13.8. The number of carboxylic acid groups (broad SMARTS) is 1. The van der Waals surface area contributed by atoms with Gasteiger partial charge in [-0.25, -0.2) is 0 Å². The molecule has 126 valence electrons. The molecule has 0 radical (unpaired) electrons. The third kappa shape index (κ3) is 3.80. The molecule has 1 unspecified atom stereocenters. The zero-order chi connectivity index (χ0) is 17.1. The maximum atomic E-state index is 11.2. The van der Waals surface area contributed by atoms with Gasteiger partial charge in [0.1, 0.15) is 0 Å². The third-order valence-corrected chi connectivity index (χ3v) is 5.04. The fourth-order valence-electron chi connectivity index (χ4n) is 3.50. The summed E-state index contributed by atoms with van der Waals surface area (Å²) in [6.07, 6.45) is 1.40. The van der Waals surface area contributed by atoms with Gasteiger partial charge in [-0.2, -0.15) is 0 Å². The summed E-state index contributed by atoms with van der Waals surface area (Å²) in [5.41, 5.74) is 3.66. The van der Waals surface area contributed by atoms with Crippen molar-refractivity contribution < 1.29 is 9.90 Å². The number of carboxylic acids is 1. The number of rotatable bonds is 4. The molecule has 0 spiro atoms. The van der Waals surface area contributed by atoms with Crippen LogP contribution in [-0.2, 0) is 4.79 Å². The number of hydrogen-bond acceptors (Lipinski definition) is 2. The lowest BCUT2D eigenvalue weighted by molar-refractivity contribution is -0.143. The van der Waals surface area contributed by atoms with Gasteiger partial charge in [0.05, 0.1) is 12.0 Å². The molecule has 1 aliphatic rings. The van der Waals surface area contributed by atoms with Crippen LogP contribution in [0.2, 0.25) is 5.02 Å². The Labute approximate surface area is 147 Å². The summed E-state index contributed by atoms with van der Waals surface area (Å²) in [7, 11) is 0. The van der Waals surface area contributed by atoms with Crippen LogP contribution in [0, 0.1) is 12.8 Å². The number of hydrogen-bond donors (Lipinski definition) is 1. The second-order valence-electron chi connectivity index (χ2n) is 6.52. The van der Waals surface area contributed by atoms with Gasteiger partial charge in [0.15, 0.2) is 0 Å². The van der Waals surface area contributed by atoms with Crippen molar-refractivity contribution >= 4 is 17.6 Å². The van der Waals surface area contributed by atoms with Crippen LogP contribution in [0.3, 0.4) is 0 Å². The SMILES string of the molecule is Cc1cccc(C(c2ccc(Cl)cc2)N2CCC(C(=O)O)CC2)c1. The first kappa shape index (κ1) is 17.0. The summed E-state index contributed by atoms with van der Waals surface area (Å²) in [4.78, 5) is 13.6. The molecule has 1 N–H and O–H groups in total. The van der Waals surface area contributed by atoms with E-state index in [0.29, 0.717) is 12.8 Å². The number of halogens is 1. The van der Waals surface area contributed by atoms with Crippen LogP contribution in [0.25, 0.3) is 0 Å². The number of benzene rings is 2. The van der Waals surface area contributed by atoms with E-state index in [-0.39, 0.29) is 12.0 Å². The van der Waals surface area contributed by atoms with Crippen LogP contribution >= 0.6 is 11.6 Å². The number of carbonyl (C=O) groups is 1. The van der Waals surface area contributed by atoms with Crippen molar-refractivity contribution in [2.45, 2.75) is 25.8 Å². The lowest BCUT2D eigenvalue weighted by atomic mass is 9.91. The second-order valence-corrected chi connectivity index (χ2v) is 6.95. The smallest absolute Gasteiger partial charge is 0.306 e. The molecular weight excluding hydrogens is 322 g/mol. The van der Waals surface area contributed by atoms with E-state index in [1.165, 1.54) is 16.7 Å². The van der Waals surface area contributed by atoms with Gasteiger partial charge in [0.25, 0.3) is 0 Å². The Balaban J connectivity index is 1.91. The number of piperidine rings is 1. The van der Waals surface area contributed by atoms with Crippen molar-refractivity contribution in [2.24, 2.45) is 5.92 Å². The molecule has 1 fully saturated rings. The highest BCUT2D eigenvalue weighted by Crippen LogP contribution is 2.33. The van der Waals surface area contributed by atoms with Crippen molar-refractivity contribution in [1.29, 1.82) is 0 Å². The fraction of sp³-hybridized carbons (Fsp3) is 0.350. The van der Waals surface area contributed by atoms with Crippen LogP contribution in [0.5, 0.6) is 0 Å². The van der Waals surface area contributed by atoms with E-state index in [0.717, 1.165) is 18.1 Å². The largest absolute Gasteiger partial charge is 0.481 e. The summed E-state index contributed by atoms with van der Waals surface area (Å²) >= 11 is 6.05. The number of nitrogens with zero attached hydrogens (tertiary/aromatic N) is 1. The van der Waals surface area contributed by atoms with E-state index in [9.17, 15) is 9.90 Å². The predicted octanol–water partition coefficient (Wildman–Crippen LogP) is 4.53. The van der Waals surface area contributed by atoms with Gasteiger partial charge in [0, 0.05) is 5.02 Å². The maximum Gasteiger partial charge on any atom is 0.306 e. The Hall–Kier alpha value is -1.84. The molecule has 2 aromatic rings. The van der Waals surface area contributed by atoms with Gasteiger partial charge >= 0.3 is 5.97 Å². The molecule has 1 atom stereocenters. The Morgan fingerprint density at radius 2 is 1.79 bits per heavy atom. The van der Waals surface area contributed by atoms with Gasteiger partial charge in [-0.3, -0.25) is 9.69 Å². The highest BCUT2D eigenvalue weighted by molar-refractivity contribution is 6.30. The quantitative estimate of drug-likeness (QED) is 0.886. The third-order valence-electron chi connectivity index (χ3n) is 4.79. The van der Waals surface area contributed by atoms with Crippen LogP contribution in [0.15, 0.2) is 48.5 Å². The molecule has 24 heavy (non-hydrogen) atoms. The van der Waals surface area contributed by atoms with Crippen LogP contribution < -0.4 is 0 Å². The first-order chi connectivity index (χ1) is 11.5. The molecule has 1 heterocycles. The standard InChI is InChI=1S/C20H22ClNO2/c1-14-3-2-4-17(13-14)19(15-5-7-18(21)8-6-15)22-11-9-16(10-12-22)20(23)24/h2-8,13,16,19H,9-12H2,1H3,(H,23,24). The minimum atomic E-state index is -0.673. The van der Waals surface area contributed by atoms with E-state index in [4.69, 9.17) is 11.6 Å².